The number of nitrogens with two attached hydrogens (primary N) is 1. The minimum atomic E-state index is -0.181. The molecule has 0 aromatic heterocycles. The number of anilines is 1. The predicted octanol–water partition coefficient (Wildman–Crippen LogP) is 2.33. The highest BCUT2D eigenvalue weighted by molar-refractivity contribution is 8.00. The summed E-state index contributed by atoms with van der Waals surface area (Å²) < 4.78 is 4.87. The molecule has 2 rings (SSSR count). The van der Waals surface area contributed by atoms with E-state index in [9.17, 15) is 4.79 Å². The highest BCUT2D eigenvalue weighted by atomic mass is 35.5. The summed E-state index contributed by atoms with van der Waals surface area (Å²) in [6, 6.07) is 5.32. The summed E-state index contributed by atoms with van der Waals surface area (Å²) in [5.74, 6) is -0.181. The Morgan fingerprint density at radius 1 is 1.53 bits per heavy atom. The van der Waals surface area contributed by atoms with Crippen molar-refractivity contribution in [3.63, 3.8) is 0 Å². The largest absolute Gasteiger partial charge is 0.465 e. The molecule has 80 valence electrons. The molecule has 0 spiro atoms. The van der Waals surface area contributed by atoms with Gasteiger partial charge in [0.1, 0.15) is 5.25 Å². The quantitative estimate of drug-likeness (QED) is 0.640. The van der Waals surface area contributed by atoms with Gasteiger partial charge in [-0.25, -0.2) is 0 Å². The molecule has 0 radical (unpaired) electrons. The molecule has 1 aliphatic rings. The van der Waals surface area contributed by atoms with Crippen LogP contribution >= 0.6 is 23.4 Å². The molecule has 1 unspecified atom stereocenters. The number of carbonyl (C=O) groups excluding carboxylic acids is 1. The van der Waals surface area contributed by atoms with Crippen LogP contribution in [0.5, 0.6) is 0 Å². The number of esters is 1. The van der Waals surface area contributed by atoms with Crippen molar-refractivity contribution >= 4 is 35.0 Å². The molecule has 0 saturated carbocycles. The topological polar surface area (TPSA) is 52.3 Å². The molecule has 0 bridgehead atoms. The predicted molar refractivity (Wildman–Crippen MR) is 61.1 cm³/mol. The number of hydrogen-bond donors (Lipinski definition) is 1. The number of halogens is 1. The summed E-state index contributed by atoms with van der Waals surface area (Å²) in [4.78, 5) is 12.0. The first kappa shape index (κ1) is 10.6. The van der Waals surface area contributed by atoms with E-state index in [1.165, 1.54) is 11.8 Å². The van der Waals surface area contributed by atoms with Gasteiger partial charge in [0, 0.05) is 17.0 Å². The lowest BCUT2D eigenvalue weighted by Crippen LogP contribution is -2.09. The molecule has 5 heteroatoms. The fourth-order valence-electron chi connectivity index (χ4n) is 1.38. The van der Waals surface area contributed by atoms with Gasteiger partial charge in [0.2, 0.25) is 0 Å². The van der Waals surface area contributed by atoms with Crippen molar-refractivity contribution in [2.24, 2.45) is 0 Å². The van der Waals surface area contributed by atoms with E-state index in [4.69, 9.17) is 22.1 Å². The summed E-state index contributed by atoms with van der Waals surface area (Å²) in [7, 11) is 0. The van der Waals surface area contributed by atoms with E-state index in [0.29, 0.717) is 23.7 Å². The Kier molecular flexibility index (Phi) is 3.07. The van der Waals surface area contributed by atoms with E-state index >= 15 is 0 Å². The molecule has 3 nitrogen and oxygen atoms in total. The summed E-state index contributed by atoms with van der Waals surface area (Å²) in [6.45, 7) is 0.487. The maximum atomic E-state index is 11.3. The van der Waals surface area contributed by atoms with Crippen molar-refractivity contribution in [2.75, 3.05) is 12.3 Å². The molecule has 0 amide bonds. The highest BCUT2D eigenvalue weighted by Gasteiger charge is 2.28. The van der Waals surface area contributed by atoms with Crippen LogP contribution in [0.1, 0.15) is 6.42 Å². The second kappa shape index (κ2) is 4.33. The molecular weight excluding hydrogens is 234 g/mol. The Balaban J connectivity index is 2.20. The van der Waals surface area contributed by atoms with Gasteiger partial charge in [-0.05, 0) is 12.1 Å². The van der Waals surface area contributed by atoms with Crippen LogP contribution in [-0.4, -0.2) is 17.8 Å². The number of nitrogen functional groups attached to an aromatic ring is 1. The summed E-state index contributed by atoms with van der Waals surface area (Å²) in [5.41, 5.74) is 6.39. The number of hydrogen-bond acceptors (Lipinski definition) is 4. The number of thioether (sulfide) groups is 1. The first-order valence-corrected chi connectivity index (χ1v) is 5.81. The van der Waals surface area contributed by atoms with Gasteiger partial charge < -0.3 is 10.5 Å². The number of rotatable bonds is 2. The normalized spacial score (nSPS) is 20.3. The minimum Gasteiger partial charge on any atom is -0.465 e. The number of carbonyl (C=O) groups is 1. The molecular formula is C10H10ClNO2S. The smallest absolute Gasteiger partial charge is 0.319 e. The molecule has 2 N–H and O–H groups in total. The average molecular weight is 244 g/mol. The Hall–Kier alpha value is -0.870. The molecule has 15 heavy (non-hydrogen) atoms. The van der Waals surface area contributed by atoms with Gasteiger partial charge in [-0.15, -0.1) is 11.8 Å². The van der Waals surface area contributed by atoms with Crippen LogP contribution in [-0.2, 0) is 9.53 Å². The zero-order valence-electron chi connectivity index (χ0n) is 7.90. The molecule has 1 aromatic rings. The minimum absolute atomic E-state index is 0.174. The standard InChI is InChI=1S/C10H10ClNO2S/c11-6-2-1-3-7(12)9(6)15-8-4-5-14-10(8)13/h1-3,8H,4-5,12H2. The number of cyclic esters (lactones) is 1. The van der Waals surface area contributed by atoms with Crippen molar-refractivity contribution in [1.82, 2.24) is 0 Å². The van der Waals surface area contributed by atoms with Crippen LogP contribution in [0, 0.1) is 0 Å². The van der Waals surface area contributed by atoms with Crippen molar-refractivity contribution in [1.29, 1.82) is 0 Å². The molecule has 0 aliphatic carbocycles. The van der Waals surface area contributed by atoms with E-state index in [1.54, 1.807) is 18.2 Å². The fourth-order valence-corrected chi connectivity index (χ4v) is 2.74. The fraction of sp³-hybridized carbons (Fsp3) is 0.300. The number of benzene rings is 1. The van der Waals surface area contributed by atoms with Crippen molar-refractivity contribution in [2.45, 2.75) is 16.6 Å². The molecule has 1 fully saturated rings. The van der Waals surface area contributed by atoms with Gasteiger partial charge >= 0.3 is 5.97 Å². The second-order valence-corrected chi connectivity index (χ2v) is 4.84. The monoisotopic (exact) mass is 243 g/mol. The molecule has 1 atom stereocenters. The number of ether oxygens (including phenoxy) is 1. The molecule has 1 aliphatic heterocycles. The first-order valence-electron chi connectivity index (χ1n) is 4.56. The van der Waals surface area contributed by atoms with Gasteiger partial charge in [0.15, 0.2) is 0 Å². The molecule has 1 saturated heterocycles. The van der Waals surface area contributed by atoms with E-state index in [2.05, 4.69) is 0 Å². The van der Waals surface area contributed by atoms with E-state index in [0.717, 1.165) is 4.90 Å². The zero-order chi connectivity index (χ0) is 10.8. The van der Waals surface area contributed by atoms with Gasteiger partial charge in [0.25, 0.3) is 0 Å². The van der Waals surface area contributed by atoms with Crippen molar-refractivity contribution in [3.05, 3.63) is 23.2 Å². The van der Waals surface area contributed by atoms with Crippen molar-refractivity contribution < 1.29 is 9.53 Å². The maximum Gasteiger partial charge on any atom is 0.319 e. The van der Waals surface area contributed by atoms with Crippen LogP contribution in [0.3, 0.4) is 0 Å². The van der Waals surface area contributed by atoms with Crippen LogP contribution in [0.15, 0.2) is 23.1 Å². The maximum absolute atomic E-state index is 11.3. The second-order valence-electron chi connectivity index (χ2n) is 3.22. The van der Waals surface area contributed by atoms with E-state index in [-0.39, 0.29) is 11.2 Å². The van der Waals surface area contributed by atoms with Crippen LogP contribution < -0.4 is 5.73 Å². The lowest BCUT2D eigenvalue weighted by atomic mass is 10.3. The lowest BCUT2D eigenvalue weighted by molar-refractivity contribution is -0.137. The third kappa shape index (κ3) is 2.21. The SMILES string of the molecule is Nc1cccc(Cl)c1SC1CCOC1=O. The average Bonchev–Trinajstić information content (AvgIpc) is 2.58. The summed E-state index contributed by atoms with van der Waals surface area (Å²) in [5, 5.41) is 0.409. The third-order valence-corrected chi connectivity index (χ3v) is 3.98. The first-order chi connectivity index (χ1) is 7.18. The van der Waals surface area contributed by atoms with Gasteiger partial charge in [-0.1, -0.05) is 17.7 Å². The molecule has 1 heterocycles. The van der Waals surface area contributed by atoms with Crippen LogP contribution in [0.2, 0.25) is 5.02 Å². The lowest BCUT2D eigenvalue weighted by Gasteiger charge is -2.09. The van der Waals surface area contributed by atoms with Gasteiger partial charge in [-0.2, -0.15) is 0 Å². The van der Waals surface area contributed by atoms with Gasteiger partial charge in [0.05, 0.1) is 11.6 Å². The van der Waals surface area contributed by atoms with Crippen LogP contribution in [0.25, 0.3) is 0 Å². The third-order valence-electron chi connectivity index (χ3n) is 2.14. The van der Waals surface area contributed by atoms with Crippen LogP contribution in [0.4, 0.5) is 5.69 Å². The van der Waals surface area contributed by atoms with E-state index < -0.39 is 0 Å². The Morgan fingerprint density at radius 2 is 2.33 bits per heavy atom. The van der Waals surface area contributed by atoms with Crippen molar-refractivity contribution in [3.8, 4) is 0 Å². The Labute approximate surface area is 96.9 Å². The van der Waals surface area contributed by atoms with Gasteiger partial charge in [-0.3, -0.25) is 4.79 Å². The Morgan fingerprint density at radius 3 is 2.93 bits per heavy atom. The van der Waals surface area contributed by atoms with E-state index in [1.807, 2.05) is 0 Å². The Bertz CT molecular complexity index is 377. The summed E-state index contributed by atoms with van der Waals surface area (Å²) >= 11 is 7.38. The summed E-state index contributed by atoms with van der Waals surface area (Å²) in [6.07, 6.45) is 0.716. The molecule has 1 aromatic carbocycles. The zero-order valence-corrected chi connectivity index (χ0v) is 9.48. The highest BCUT2D eigenvalue weighted by Crippen LogP contribution is 2.37.